The van der Waals surface area contributed by atoms with Crippen LogP contribution in [0.3, 0.4) is 0 Å². The van der Waals surface area contributed by atoms with Crippen molar-refractivity contribution in [2.75, 3.05) is 12.4 Å². The Morgan fingerprint density at radius 2 is 2.19 bits per heavy atom. The molecule has 2 aromatic rings. The van der Waals surface area contributed by atoms with Gasteiger partial charge in [0.05, 0.1) is 17.3 Å². The zero-order valence-corrected chi connectivity index (χ0v) is 12.2. The summed E-state index contributed by atoms with van der Waals surface area (Å²) in [5.74, 6) is -0.827. The maximum Gasteiger partial charge on any atom is 0.319 e. The third-order valence-corrected chi connectivity index (χ3v) is 4.80. The molecule has 3 rings (SSSR count). The average molecular weight is 306 g/mol. The third-order valence-electron chi connectivity index (χ3n) is 3.87. The highest BCUT2D eigenvalue weighted by Gasteiger charge is 2.51. The second-order valence-corrected chi connectivity index (χ2v) is 6.08. The summed E-state index contributed by atoms with van der Waals surface area (Å²) in [6.45, 7) is 0. The molecule has 6 nitrogen and oxygen atoms in total. The van der Waals surface area contributed by atoms with Crippen molar-refractivity contribution in [2.24, 2.45) is 5.41 Å². The van der Waals surface area contributed by atoms with Crippen molar-refractivity contribution in [3.8, 4) is 5.75 Å². The lowest BCUT2D eigenvalue weighted by Gasteiger charge is -2.35. The first-order chi connectivity index (χ1) is 10.0. The molecule has 0 unspecified atom stereocenters. The van der Waals surface area contributed by atoms with E-state index in [4.69, 9.17) is 4.74 Å². The van der Waals surface area contributed by atoms with E-state index in [-0.39, 0.29) is 0 Å². The predicted octanol–water partition coefficient (Wildman–Crippen LogP) is 2.50. The van der Waals surface area contributed by atoms with E-state index >= 15 is 0 Å². The number of hydrogen-bond donors (Lipinski definition) is 2. The summed E-state index contributed by atoms with van der Waals surface area (Å²) in [7, 11) is 1.58. The van der Waals surface area contributed by atoms with Gasteiger partial charge in [-0.05, 0) is 31.0 Å². The van der Waals surface area contributed by atoms with Gasteiger partial charge in [-0.2, -0.15) is 0 Å². The zero-order valence-electron chi connectivity index (χ0n) is 11.4. The number of carboxylic acid groups (broad SMARTS) is 1. The van der Waals surface area contributed by atoms with Crippen LogP contribution in [0.2, 0.25) is 0 Å². The number of rotatable bonds is 4. The minimum atomic E-state index is -1.28. The Hall–Kier alpha value is -2.15. The van der Waals surface area contributed by atoms with Crippen LogP contribution in [-0.2, 0) is 9.59 Å². The predicted molar refractivity (Wildman–Crippen MR) is 78.7 cm³/mol. The first-order valence-corrected chi connectivity index (χ1v) is 7.36. The van der Waals surface area contributed by atoms with Crippen LogP contribution in [-0.4, -0.2) is 29.1 Å². The third kappa shape index (κ3) is 2.23. The van der Waals surface area contributed by atoms with Gasteiger partial charge in [0.25, 0.3) is 0 Å². The topological polar surface area (TPSA) is 88.5 Å². The lowest BCUT2D eigenvalue weighted by atomic mass is 9.68. The molecule has 0 radical (unpaired) electrons. The zero-order chi connectivity index (χ0) is 15.0. The van der Waals surface area contributed by atoms with Gasteiger partial charge in [0.1, 0.15) is 11.2 Å². The monoisotopic (exact) mass is 306 g/mol. The smallest absolute Gasteiger partial charge is 0.319 e. The summed E-state index contributed by atoms with van der Waals surface area (Å²) in [6, 6.07) is 5.42. The standard InChI is InChI=1S/C14H14N2O4S/c1-20-8-3-4-9-10(7-8)21-13(15-9)16-11(17)14(12(18)19)5-2-6-14/h3-4,7H,2,5-6H2,1H3,(H,18,19)(H,15,16,17). The number of amides is 1. The Bertz CT molecular complexity index is 721. The number of anilines is 1. The van der Waals surface area contributed by atoms with Crippen LogP contribution in [0.25, 0.3) is 10.2 Å². The van der Waals surface area contributed by atoms with Crippen LogP contribution in [0.1, 0.15) is 19.3 Å². The molecular weight excluding hydrogens is 292 g/mol. The molecular formula is C14H14N2O4S. The highest BCUT2D eigenvalue weighted by Crippen LogP contribution is 2.42. The fourth-order valence-electron chi connectivity index (χ4n) is 2.37. The number of fused-ring (bicyclic) bond motifs is 1. The van der Waals surface area contributed by atoms with E-state index in [1.165, 1.54) is 11.3 Å². The molecule has 1 aliphatic carbocycles. The molecule has 0 spiro atoms. The Kier molecular flexibility index (Phi) is 3.29. The number of carbonyl (C=O) groups excluding carboxylic acids is 1. The Morgan fingerprint density at radius 3 is 2.76 bits per heavy atom. The molecule has 1 amide bonds. The fourth-order valence-corrected chi connectivity index (χ4v) is 3.26. The fraction of sp³-hybridized carbons (Fsp3) is 0.357. The van der Waals surface area contributed by atoms with Crippen molar-refractivity contribution in [2.45, 2.75) is 19.3 Å². The molecule has 1 aromatic heterocycles. The van der Waals surface area contributed by atoms with E-state index in [0.29, 0.717) is 23.7 Å². The van der Waals surface area contributed by atoms with E-state index < -0.39 is 17.3 Å². The van der Waals surface area contributed by atoms with Gasteiger partial charge < -0.3 is 15.2 Å². The number of benzene rings is 1. The van der Waals surface area contributed by atoms with Crippen molar-refractivity contribution in [1.82, 2.24) is 4.98 Å². The van der Waals surface area contributed by atoms with Crippen LogP contribution in [0.5, 0.6) is 5.75 Å². The number of carboxylic acids is 1. The normalized spacial score (nSPS) is 16.2. The average Bonchev–Trinajstić information content (AvgIpc) is 2.77. The molecule has 0 bridgehead atoms. The summed E-state index contributed by atoms with van der Waals surface area (Å²) in [5, 5.41) is 12.3. The molecule has 0 saturated heterocycles. The summed E-state index contributed by atoms with van der Waals surface area (Å²) < 4.78 is 6.02. The number of aliphatic carboxylic acids is 1. The van der Waals surface area contributed by atoms with E-state index in [0.717, 1.165) is 16.6 Å². The largest absolute Gasteiger partial charge is 0.497 e. The molecule has 1 fully saturated rings. The number of nitrogens with zero attached hydrogens (tertiary/aromatic N) is 1. The van der Waals surface area contributed by atoms with E-state index in [2.05, 4.69) is 10.3 Å². The first kappa shape index (κ1) is 13.8. The van der Waals surface area contributed by atoms with Gasteiger partial charge in [-0.3, -0.25) is 9.59 Å². The molecule has 0 aliphatic heterocycles. The van der Waals surface area contributed by atoms with Gasteiger partial charge in [-0.15, -0.1) is 0 Å². The number of aromatic nitrogens is 1. The number of ether oxygens (including phenoxy) is 1. The van der Waals surface area contributed by atoms with Gasteiger partial charge in [0.2, 0.25) is 5.91 Å². The summed E-state index contributed by atoms with van der Waals surface area (Å²) in [4.78, 5) is 27.8. The van der Waals surface area contributed by atoms with Crippen LogP contribution < -0.4 is 10.1 Å². The second kappa shape index (κ2) is 5.00. The van der Waals surface area contributed by atoms with Gasteiger partial charge in [0, 0.05) is 0 Å². The molecule has 21 heavy (non-hydrogen) atoms. The van der Waals surface area contributed by atoms with Crippen molar-refractivity contribution in [3.05, 3.63) is 18.2 Å². The first-order valence-electron chi connectivity index (χ1n) is 6.54. The van der Waals surface area contributed by atoms with Gasteiger partial charge in [0.15, 0.2) is 5.13 Å². The Morgan fingerprint density at radius 1 is 1.43 bits per heavy atom. The molecule has 110 valence electrons. The van der Waals surface area contributed by atoms with Crippen molar-refractivity contribution >= 4 is 38.6 Å². The highest BCUT2D eigenvalue weighted by molar-refractivity contribution is 7.22. The number of carbonyl (C=O) groups is 2. The SMILES string of the molecule is COc1ccc2nc(NC(=O)C3(C(=O)O)CCC3)sc2c1. The minimum Gasteiger partial charge on any atom is -0.497 e. The van der Waals surface area contributed by atoms with Crippen molar-refractivity contribution < 1.29 is 19.4 Å². The summed E-state index contributed by atoms with van der Waals surface area (Å²) in [6.07, 6.45) is 1.52. The highest BCUT2D eigenvalue weighted by atomic mass is 32.1. The Balaban J connectivity index is 1.84. The van der Waals surface area contributed by atoms with E-state index in [1.54, 1.807) is 19.2 Å². The number of thiazole rings is 1. The second-order valence-electron chi connectivity index (χ2n) is 5.05. The van der Waals surface area contributed by atoms with Gasteiger partial charge in [-0.1, -0.05) is 17.8 Å². The van der Waals surface area contributed by atoms with Crippen LogP contribution in [0.4, 0.5) is 5.13 Å². The maximum absolute atomic E-state index is 12.2. The molecule has 1 heterocycles. The van der Waals surface area contributed by atoms with Crippen LogP contribution >= 0.6 is 11.3 Å². The molecule has 1 aliphatic rings. The minimum absolute atomic E-state index is 0.382. The maximum atomic E-state index is 12.2. The van der Waals surface area contributed by atoms with E-state index in [9.17, 15) is 14.7 Å². The molecule has 7 heteroatoms. The number of methoxy groups -OCH3 is 1. The molecule has 0 atom stereocenters. The van der Waals surface area contributed by atoms with Gasteiger partial charge >= 0.3 is 5.97 Å². The summed E-state index contributed by atoms with van der Waals surface area (Å²) >= 11 is 1.30. The van der Waals surface area contributed by atoms with Crippen molar-refractivity contribution in [3.63, 3.8) is 0 Å². The lowest BCUT2D eigenvalue weighted by Crippen LogP contribution is -2.48. The quantitative estimate of drug-likeness (QED) is 0.847. The molecule has 1 saturated carbocycles. The number of hydrogen-bond acceptors (Lipinski definition) is 5. The number of nitrogens with one attached hydrogen (secondary N) is 1. The summed E-state index contributed by atoms with van der Waals surface area (Å²) in [5.41, 5.74) is -0.538. The van der Waals surface area contributed by atoms with Crippen LogP contribution in [0, 0.1) is 5.41 Å². The van der Waals surface area contributed by atoms with E-state index in [1.807, 2.05) is 6.07 Å². The van der Waals surface area contributed by atoms with Crippen LogP contribution in [0.15, 0.2) is 18.2 Å². The molecule has 2 N–H and O–H groups in total. The lowest BCUT2D eigenvalue weighted by molar-refractivity contribution is -0.159. The molecule has 1 aromatic carbocycles. The van der Waals surface area contributed by atoms with Crippen molar-refractivity contribution in [1.29, 1.82) is 0 Å². The Labute approximate surface area is 124 Å². The van der Waals surface area contributed by atoms with Gasteiger partial charge in [-0.25, -0.2) is 4.98 Å².